The monoisotopic (exact) mass is 225 g/mol. The van der Waals surface area contributed by atoms with Crippen molar-refractivity contribution in [3.63, 3.8) is 0 Å². The van der Waals surface area contributed by atoms with Gasteiger partial charge in [0, 0.05) is 0 Å². The molecular formula is C2H2BN2O6S2-. The first-order chi connectivity index (χ1) is 5.92. The molecule has 0 bridgehead atoms. The summed E-state index contributed by atoms with van der Waals surface area (Å²) in [4.78, 5) is 0. The van der Waals surface area contributed by atoms with E-state index in [-0.39, 0.29) is 0 Å². The van der Waals surface area contributed by atoms with Crippen molar-refractivity contribution in [1.29, 1.82) is 0 Å². The highest BCUT2D eigenvalue weighted by atomic mass is 32.2. The van der Waals surface area contributed by atoms with Gasteiger partial charge in [0.2, 0.25) is 0 Å². The van der Waals surface area contributed by atoms with Crippen LogP contribution < -0.4 is 0 Å². The summed E-state index contributed by atoms with van der Waals surface area (Å²) in [6.45, 7) is 0. The summed E-state index contributed by atoms with van der Waals surface area (Å²) in [6.07, 6.45) is 1.46. The number of oxime groups is 2. The molecule has 0 aliphatic rings. The van der Waals surface area contributed by atoms with Gasteiger partial charge in [0.25, 0.3) is 9.97 Å². The van der Waals surface area contributed by atoms with E-state index in [1.807, 2.05) is 0 Å². The molecule has 0 aromatic carbocycles. The molecule has 0 N–H and O–H groups in total. The van der Waals surface area contributed by atoms with Crippen molar-refractivity contribution in [2.24, 2.45) is 10.3 Å². The maximum Gasteiger partial charge on any atom is 0.315 e. The van der Waals surface area contributed by atoms with Crippen molar-refractivity contribution in [1.82, 2.24) is 0 Å². The molecule has 0 saturated carbocycles. The molecule has 0 heterocycles. The smallest absolute Gasteiger partial charge is 0.315 e. The summed E-state index contributed by atoms with van der Waals surface area (Å²) in [6, 6.07) is 0. The quantitative estimate of drug-likeness (QED) is 0.235. The van der Waals surface area contributed by atoms with E-state index >= 15 is 0 Å². The summed E-state index contributed by atoms with van der Waals surface area (Å²) in [5.41, 5.74) is 0. The van der Waals surface area contributed by atoms with Crippen molar-refractivity contribution in [2.75, 3.05) is 0 Å². The standard InChI is InChI=1S/C2H3BN2O6S2/c3-13(8,9)11-5-2-1-4-10-12(6)7/h1-2H,(H,6,7)/p-1. The number of hydrogen-bond acceptors (Lipinski definition) is 8. The van der Waals surface area contributed by atoms with Gasteiger partial charge in [-0.1, -0.05) is 10.3 Å². The van der Waals surface area contributed by atoms with Crippen molar-refractivity contribution in [3.05, 3.63) is 0 Å². The van der Waals surface area contributed by atoms with E-state index in [9.17, 15) is 17.2 Å². The summed E-state index contributed by atoms with van der Waals surface area (Å²) >= 11 is -2.78. The summed E-state index contributed by atoms with van der Waals surface area (Å²) in [5, 5.41) is 5.56. The predicted octanol–water partition coefficient (Wildman–Crippen LogP) is -1.80. The van der Waals surface area contributed by atoms with Gasteiger partial charge >= 0.3 is 7.12 Å². The highest BCUT2D eigenvalue weighted by Crippen LogP contribution is 1.83. The van der Waals surface area contributed by atoms with Gasteiger partial charge in [-0.3, -0.25) is 4.28 Å². The molecular weight excluding hydrogens is 223 g/mol. The summed E-state index contributed by atoms with van der Waals surface area (Å²) < 4.78 is 46.7. The molecule has 11 heteroatoms. The van der Waals surface area contributed by atoms with Gasteiger partial charge < -0.3 is 8.84 Å². The molecule has 1 atom stereocenters. The lowest BCUT2D eigenvalue weighted by molar-refractivity contribution is 0.320. The van der Waals surface area contributed by atoms with E-state index in [2.05, 4.69) is 26.0 Å². The van der Waals surface area contributed by atoms with E-state index < -0.39 is 21.3 Å². The minimum atomic E-state index is -4.15. The molecule has 0 aliphatic carbocycles. The minimum Gasteiger partial charge on any atom is -0.738 e. The molecule has 13 heavy (non-hydrogen) atoms. The van der Waals surface area contributed by atoms with Crippen LogP contribution in [0.25, 0.3) is 0 Å². The molecule has 72 valence electrons. The Balaban J connectivity index is 3.77. The molecule has 1 unspecified atom stereocenters. The average Bonchev–Trinajstić information content (AvgIpc) is 1.93. The lowest BCUT2D eigenvalue weighted by Crippen LogP contribution is -1.99. The van der Waals surface area contributed by atoms with Crippen LogP contribution in [0.2, 0.25) is 0 Å². The Hall–Kier alpha value is -0.935. The van der Waals surface area contributed by atoms with E-state index in [1.165, 1.54) is 0 Å². The second kappa shape index (κ2) is 5.67. The Morgan fingerprint density at radius 2 is 1.92 bits per heavy atom. The topological polar surface area (TPSA) is 117 Å². The minimum absolute atomic E-state index is 0.720. The van der Waals surface area contributed by atoms with Crippen molar-refractivity contribution >= 4 is 40.9 Å². The van der Waals surface area contributed by atoms with Crippen LogP contribution in [0.15, 0.2) is 10.3 Å². The van der Waals surface area contributed by atoms with E-state index in [0.717, 1.165) is 12.4 Å². The predicted molar refractivity (Wildman–Crippen MR) is 42.7 cm³/mol. The van der Waals surface area contributed by atoms with E-state index in [0.29, 0.717) is 0 Å². The summed E-state index contributed by atoms with van der Waals surface area (Å²) in [7, 11) is 0.211. The van der Waals surface area contributed by atoms with Crippen LogP contribution in [0.1, 0.15) is 0 Å². The van der Waals surface area contributed by atoms with Gasteiger partial charge in [-0.05, 0) is 0 Å². The van der Waals surface area contributed by atoms with E-state index in [4.69, 9.17) is 0 Å². The van der Waals surface area contributed by atoms with E-state index in [1.54, 1.807) is 0 Å². The molecule has 0 rings (SSSR count). The highest BCUT2D eigenvalue weighted by Gasteiger charge is 1.96. The van der Waals surface area contributed by atoms with Crippen LogP contribution in [0, 0.1) is 0 Å². The van der Waals surface area contributed by atoms with Gasteiger partial charge in [0.15, 0.2) is 11.4 Å². The normalized spacial score (nSPS) is 14.8. The maximum atomic E-state index is 10.0. The molecule has 0 saturated heterocycles. The molecule has 8 nitrogen and oxygen atoms in total. The Bertz CT molecular complexity index is 322. The fraction of sp³-hybridized carbons (Fsp3) is 0. The van der Waals surface area contributed by atoms with Crippen LogP contribution >= 0.6 is 0 Å². The first-order valence-corrected chi connectivity index (χ1v) is 4.92. The van der Waals surface area contributed by atoms with Gasteiger partial charge in [-0.25, -0.2) is 12.6 Å². The van der Waals surface area contributed by atoms with Gasteiger partial charge in [0.05, 0.1) is 12.4 Å². The SMILES string of the molecule is [B]S(=O)(=O)ON=CC=NOS(=O)[O-]. The van der Waals surface area contributed by atoms with Gasteiger partial charge in [-0.15, -0.1) is 0 Å². The van der Waals surface area contributed by atoms with Crippen molar-refractivity contribution in [3.8, 4) is 0 Å². The number of nitrogens with zero attached hydrogens (tertiary/aromatic N) is 2. The number of hydrogen-bond donors (Lipinski definition) is 0. The zero-order valence-corrected chi connectivity index (χ0v) is 7.53. The van der Waals surface area contributed by atoms with Crippen LogP contribution in [0.3, 0.4) is 0 Å². The second-order valence-corrected chi connectivity index (χ2v) is 3.05. The molecule has 2 radical (unpaired) electrons. The summed E-state index contributed by atoms with van der Waals surface area (Å²) in [5.74, 6) is 0. The Morgan fingerprint density at radius 1 is 1.38 bits per heavy atom. The molecule has 0 aromatic rings. The molecule has 0 amide bonds. The molecule has 0 spiro atoms. The first-order valence-electron chi connectivity index (χ1n) is 2.45. The largest absolute Gasteiger partial charge is 0.738 e. The highest BCUT2D eigenvalue weighted by molar-refractivity contribution is 8.08. The van der Waals surface area contributed by atoms with Crippen LogP contribution in [0.4, 0.5) is 0 Å². The Labute approximate surface area is 77.5 Å². The average molecular weight is 225 g/mol. The fourth-order valence-corrected chi connectivity index (χ4v) is 0.489. The van der Waals surface area contributed by atoms with Gasteiger partial charge in [0.1, 0.15) is 0 Å². The van der Waals surface area contributed by atoms with Crippen LogP contribution in [-0.2, 0) is 29.9 Å². The Morgan fingerprint density at radius 3 is 2.38 bits per heavy atom. The number of rotatable bonds is 5. The molecule has 0 aliphatic heterocycles. The lowest BCUT2D eigenvalue weighted by Gasteiger charge is -1.96. The third-order valence-corrected chi connectivity index (χ3v) is 0.941. The molecule has 0 aromatic heterocycles. The maximum absolute atomic E-state index is 10.0. The fourth-order valence-electron chi connectivity index (χ4n) is 0.199. The molecule has 0 fully saturated rings. The van der Waals surface area contributed by atoms with Gasteiger partial charge in [-0.2, -0.15) is 0 Å². The van der Waals surface area contributed by atoms with Crippen molar-refractivity contribution in [2.45, 2.75) is 0 Å². The zero-order valence-electron chi connectivity index (χ0n) is 5.89. The Kier molecular flexibility index (Phi) is 5.26. The van der Waals surface area contributed by atoms with Crippen LogP contribution in [0.5, 0.6) is 0 Å². The first kappa shape index (κ1) is 12.1. The third-order valence-electron chi connectivity index (χ3n) is 0.439. The zero-order chi connectivity index (χ0) is 10.3. The second-order valence-electron chi connectivity index (χ2n) is 1.35. The van der Waals surface area contributed by atoms with Crippen LogP contribution in [-0.4, -0.2) is 36.7 Å². The van der Waals surface area contributed by atoms with Crippen molar-refractivity contribution < 1.29 is 25.7 Å². The third kappa shape index (κ3) is 11.1. The lowest BCUT2D eigenvalue weighted by atomic mass is 10.8.